The Bertz CT molecular complexity index is 1150. The Morgan fingerprint density at radius 2 is 1.70 bits per heavy atom. The molecule has 1 saturated heterocycles. The third-order valence-corrected chi connectivity index (χ3v) is 8.28. The monoisotopic (exact) mass is 474 g/mol. The normalized spacial score (nSPS) is 14.6. The number of sulfonamides is 1. The first-order chi connectivity index (χ1) is 15.6. The Morgan fingerprint density at radius 1 is 1.06 bits per heavy atom. The molecule has 10 heteroatoms. The number of hydrogen-bond acceptors (Lipinski definition) is 6. The fourth-order valence-corrected chi connectivity index (χ4v) is 5.57. The van der Waals surface area contributed by atoms with Crippen LogP contribution in [0.25, 0.3) is 0 Å². The molecule has 0 aliphatic carbocycles. The average Bonchev–Trinajstić information content (AvgIpc) is 2.80. The Hall–Kier alpha value is -2.98. The predicted octanol–water partition coefficient (Wildman–Crippen LogP) is 3.20. The Morgan fingerprint density at radius 3 is 2.27 bits per heavy atom. The molecule has 1 fully saturated rings. The van der Waals surface area contributed by atoms with E-state index in [1.807, 2.05) is 36.9 Å². The maximum absolute atomic E-state index is 13.0. The summed E-state index contributed by atoms with van der Waals surface area (Å²) in [6, 6.07) is 9.70. The molecule has 1 aliphatic rings. The summed E-state index contributed by atoms with van der Waals surface area (Å²) in [7, 11) is -3.81. The number of piperazine rings is 1. The molecule has 178 valence electrons. The van der Waals surface area contributed by atoms with Crippen LogP contribution in [0.15, 0.2) is 41.3 Å². The van der Waals surface area contributed by atoms with Crippen LogP contribution in [0, 0.1) is 24.0 Å². The van der Waals surface area contributed by atoms with Crippen molar-refractivity contribution in [3.8, 4) is 0 Å². The number of nitrogens with zero attached hydrogens (tertiary/aromatic N) is 4. The fraction of sp³-hybridized carbons (Fsp3) is 0.435. The van der Waals surface area contributed by atoms with Crippen LogP contribution in [0.1, 0.15) is 35.3 Å². The second-order valence-electron chi connectivity index (χ2n) is 8.02. The highest BCUT2D eigenvalue weighted by molar-refractivity contribution is 7.89. The smallest absolute Gasteiger partial charge is 0.293 e. The maximum atomic E-state index is 13.0. The minimum Gasteiger partial charge on any atom is -0.362 e. The highest BCUT2D eigenvalue weighted by Gasteiger charge is 2.30. The van der Waals surface area contributed by atoms with Gasteiger partial charge in [-0.1, -0.05) is 26.0 Å². The minimum atomic E-state index is -3.81. The van der Waals surface area contributed by atoms with E-state index in [0.29, 0.717) is 37.4 Å². The van der Waals surface area contributed by atoms with Gasteiger partial charge < -0.3 is 9.80 Å². The minimum absolute atomic E-state index is 0.0500. The van der Waals surface area contributed by atoms with E-state index < -0.39 is 14.9 Å². The van der Waals surface area contributed by atoms with E-state index in [1.54, 1.807) is 18.7 Å². The molecule has 9 nitrogen and oxygen atoms in total. The fourth-order valence-electron chi connectivity index (χ4n) is 4.09. The summed E-state index contributed by atoms with van der Waals surface area (Å²) in [4.78, 5) is 27.7. The molecule has 1 amide bonds. The number of nitro groups is 1. The maximum Gasteiger partial charge on any atom is 0.293 e. The first-order valence-electron chi connectivity index (χ1n) is 11.0. The Kier molecular flexibility index (Phi) is 7.38. The molecule has 2 aromatic carbocycles. The second kappa shape index (κ2) is 9.88. The van der Waals surface area contributed by atoms with Gasteiger partial charge in [0.15, 0.2) is 0 Å². The first kappa shape index (κ1) is 24.7. The van der Waals surface area contributed by atoms with E-state index in [2.05, 4.69) is 0 Å². The van der Waals surface area contributed by atoms with Crippen molar-refractivity contribution < 1.29 is 18.1 Å². The third kappa shape index (κ3) is 4.86. The number of aryl methyl sites for hydroxylation is 1. The van der Waals surface area contributed by atoms with Gasteiger partial charge in [-0.2, -0.15) is 4.31 Å². The molecular weight excluding hydrogens is 444 g/mol. The van der Waals surface area contributed by atoms with Crippen molar-refractivity contribution in [1.29, 1.82) is 0 Å². The van der Waals surface area contributed by atoms with Crippen molar-refractivity contribution in [2.24, 2.45) is 0 Å². The number of nitro benzene ring substituents is 1. The molecule has 0 N–H and O–H groups in total. The molecule has 1 heterocycles. The molecule has 0 bridgehead atoms. The van der Waals surface area contributed by atoms with Gasteiger partial charge in [0.05, 0.1) is 9.82 Å². The Labute approximate surface area is 194 Å². The summed E-state index contributed by atoms with van der Waals surface area (Å²) >= 11 is 0. The lowest BCUT2D eigenvalue weighted by Crippen LogP contribution is -2.49. The predicted molar refractivity (Wildman–Crippen MR) is 127 cm³/mol. The van der Waals surface area contributed by atoms with Crippen molar-refractivity contribution in [3.05, 3.63) is 63.2 Å². The zero-order valence-corrected chi connectivity index (χ0v) is 20.3. The first-order valence-corrected chi connectivity index (χ1v) is 12.4. The van der Waals surface area contributed by atoms with Crippen molar-refractivity contribution in [1.82, 2.24) is 9.21 Å². The lowest BCUT2D eigenvalue weighted by Gasteiger charge is -2.36. The molecule has 0 saturated carbocycles. The molecule has 0 spiro atoms. The van der Waals surface area contributed by atoms with Crippen LogP contribution in [-0.2, 0) is 10.0 Å². The van der Waals surface area contributed by atoms with Gasteiger partial charge >= 0.3 is 0 Å². The van der Waals surface area contributed by atoms with Crippen LogP contribution in [0.4, 0.5) is 11.4 Å². The molecule has 2 aromatic rings. The average molecular weight is 475 g/mol. The zero-order valence-electron chi connectivity index (χ0n) is 19.4. The molecule has 0 aromatic heterocycles. The van der Waals surface area contributed by atoms with Gasteiger partial charge in [-0.05, 0) is 43.2 Å². The van der Waals surface area contributed by atoms with Gasteiger partial charge in [-0.15, -0.1) is 0 Å². The third-order valence-electron chi connectivity index (χ3n) is 6.23. The van der Waals surface area contributed by atoms with Gasteiger partial charge in [0.2, 0.25) is 10.0 Å². The lowest BCUT2D eigenvalue weighted by atomic mass is 10.0. The summed E-state index contributed by atoms with van der Waals surface area (Å²) in [6.45, 7) is 9.58. The molecule has 0 atom stereocenters. The number of carbonyl (C=O) groups is 1. The van der Waals surface area contributed by atoms with Gasteiger partial charge in [0.25, 0.3) is 11.6 Å². The molecule has 0 unspecified atom stereocenters. The van der Waals surface area contributed by atoms with E-state index in [0.717, 1.165) is 17.2 Å². The van der Waals surface area contributed by atoms with E-state index in [1.165, 1.54) is 16.4 Å². The highest BCUT2D eigenvalue weighted by Crippen LogP contribution is 2.32. The van der Waals surface area contributed by atoms with E-state index in [4.69, 9.17) is 0 Å². The van der Waals surface area contributed by atoms with Crippen LogP contribution >= 0.6 is 0 Å². The summed E-state index contributed by atoms with van der Waals surface area (Å²) < 4.78 is 26.9. The lowest BCUT2D eigenvalue weighted by molar-refractivity contribution is -0.384. The number of amides is 1. The largest absolute Gasteiger partial charge is 0.362 e. The highest BCUT2D eigenvalue weighted by atomic mass is 32.2. The summed E-state index contributed by atoms with van der Waals surface area (Å²) in [5, 5.41) is 11.8. The molecule has 0 radical (unpaired) electrons. The zero-order chi connectivity index (χ0) is 24.3. The number of anilines is 1. The van der Waals surface area contributed by atoms with Crippen LogP contribution in [0.5, 0.6) is 0 Å². The van der Waals surface area contributed by atoms with E-state index >= 15 is 0 Å². The Balaban J connectivity index is 1.82. The summed E-state index contributed by atoms with van der Waals surface area (Å²) in [6.07, 6.45) is 0. The number of rotatable bonds is 7. The van der Waals surface area contributed by atoms with Crippen molar-refractivity contribution in [3.63, 3.8) is 0 Å². The molecule has 1 aliphatic heterocycles. The summed E-state index contributed by atoms with van der Waals surface area (Å²) in [5.41, 5.74) is 2.77. The van der Waals surface area contributed by atoms with Crippen LogP contribution in [0.3, 0.4) is 0 Å². The number of benzene rings is 2. The molecular formula is C23H30N4O5S. The van der Waals surface area contributed by atoms with Gasteiger partial charge in [0.1, 0.15) is 5.69 Å². The van der Waals surface area contributed by atoms with E-state index in [-0.39, 0.29) is 29.6 Å². The SMILES string of the molecule is CCN(CC)S(=O)(=O)c1ccc(N2CCN(C(=O)c3cccc(C)c3C)CC2)c([N+](=O)[O-])c1. The second-order valence-corrected chi connectivity index (χ2v) is 9.96. The van der Waals surface area contributed by atoms with Crippen molar-refractivity contribution >= 4 is 27.3 Å². The van der Waals surface area contributed by atoms with Gasteiger partial charge in [-0.3, -0.25) is 14.9 Å². The number of carbonyl (C=O) groups excluding carboxylic acids is 1. The number of hydrogen-bond donors (Lipinski definition) is 0. The quantitative estimate of drug-likeness (QED) is 0.451. The molecule has 33 heavy (non-hydrogen) atoms. The van der Waals surface area contributed by atoms with Gasteiger partial charge in [0, 0.05) is 50.9 Å². The molecule has 3 rings (SSSR count). The van der Waals surface area contributed by atoms with Crippen LogP contribution in [-0.4, -0.2) is 67.7 Å². The topological polar surface area (TPSA) is 104 Å². The van der Waals surface area contributed by atoms with Crippen molar-refractivity contribution in [2.75, 3.05) is 44.2 Å². The standard InChI is InChI=1S/C23H30N4O5S/c1-5-26(6-2)33(31,32)19-10-11-21(22(16-19)27(29)30)24-12-14-25(15-13-24)23(28)20-9-7-8-17(3)18(20)4/h7-11,16H,5-6,12-15H2,1-4H3. The van der Waals surface area contributed by atoms with Gasteiger partial charge in [-0.25, -0.2) is 8.42 Å². The van der Waals surface area contributed by atoms with E-state index in [9.17, 15) is 23.3 Å². The summed E-state index contributed by atoms with van der Waals surface area (Å²) in [5.74, 6) is -0.0500. The van der Waals surface area contributed by atoms with Crippen molar-refractivity contribution in [2.45, 2.75) is 32.6 Å². The van der Waals surface area contributed by atoms with Crippen LogP contribution in [0.2, 0.25) is 0 Å². The van der Waals surface area contributed by atoms with Crippen LogP contribution < -0.4 is 4.90 Å².